The Hall–Kier alpha value is -1.01. The molecule has 0 unspecified atom stereocenters. The highest BCUT2D eigenvalue weighted by Gasteiger charge is 2.33. The van der Waals surface area contributed by atoms with Crippen LogP contribution in [-0.2, 0) is 11.8 Å². The zero-order valence-electron chi connectivity index (χ0n) is 9.52. The number of rotatable bonds is 2. The molecule has 1 aromatic heterocycles. The molecule has 0 amide bonds. The summed E-state index contributed by atoms with van der Waals surface area (Å²) < 4.78 is 1.83. The molecule has 0 aromatic carbocycles. The van der Waals surface area contributed by atoms with Gasteiger partial charge in [-0.3, -0.25) is 14.8 Å². The highest BCUT2D eigenvalue weighted by atomic mass is 32.2. The van der Waals surface area contributed by atoms with Crippen LogP contribution in [0.1, 0.15) is 22.3 Å². The van der Waals surface area contributed by atoms with Gasteiger partial charge in [0.05, 0.1) is 11.1 Å². The molecule has 1 saturated heterocycles. The summed E-state index contributed by atoms with van der Waals surface area (Å²) in [5.74, 6) is -0.178. The van der Waals surface area contributed by atoms with Gasteiger partial charge < -0.3 is 5.11 Å². The van der Waals surface area contributed by atoms with Crippen LogP contribution < -0.4 is 5.32 Å². The number of carbonyl (C=O) groups is 1. The van der Waals surface area contributed by atoms with Gasteiger partial charge in [-0.2, -0.15) is 5.10 Å². The molecule has 2 rings (SSSR count). The van der Waals surface area contributed by atoms with E-state index in [1.54, 1.807) is 11.8 Å². The second-order valence-electron chi connectivity index (χ2n) is 3.98. The minimum Gasteiger partial charge on any atom is -0.480 e. The van der Waals surface area contributed by atoms with E-state index >= 15 is 0 Å². The third-order valence-electron chi connectivity index (χ3n) is 2.91. The normalized spacial score (nSPS) is 24.9. The molecule has 0 bridgehead atoms. The van der Waals surface area contributed by atoms with Crippen molar-refractivity contribution in [3.63, 3.8) is 0 Å². The molecule has 0 spiro atoms. The molecule has 0 radical (unpaired) electrons. The quantitative estimate of drug-likeness (QED) is 0.802. The Labute approximate surface area is 98.2 Å². The first-order valence-electron chi connectivity index (χ1n) is 5.11. The molecule has 2 atom stereocenters. The van der Waals surface area contributed by atoms with E-state index in [1.165, 1.54) is 0 Å². The summed E-state index contributed by atoms with van der Waals surface area (Å²) in [6.07, 6.45) is 0. The van der Waals surface area contributed by atoms with Crippen LogP contribution in [0.25, 0.3) is 0 Å². The molecule has 1 aromatic rings. The van der Waals surface area contributed by atoms with Crippen LogP contribution in [0.3, 0.4) is 0 Å². The van der Waals surface area contributed by atoms with Crippen LogP contribution in [0, 0.1) is 13.8 Å². The first-order chi connectivity index (χ1) is 7.50. The fourth-order valence-electron chi connectivity index (χ4n) is 1.95. The van der Waals surface area contributed by atoms with Crippen LogP contribution in [0.2, 0.25) is 0 Å². The number of thioether (sulfide) groups is 1. The van der Waals surface area contributed by atoms with Gasteiger partial charge in [-0.25, -0.2) is 0 Å². The molecule has 5 nitrogen and oxygen atoms in total. The fourth-order valence-corrected chi connectivity index (χ4v) is 3.34. The topological polar surface area (TPSA) is 67.2 Å². The summed E-state index contributed by atoms with van der Waals surface area (Å²) in [5.41, 5.74) is 3.18. The van der Waals surface area contributed by atoms with Crippen molar-refractivity contribution in [2.45, 2.75) is 25.3 Å². The maximum absolute atomic E-state index is 10.9. The summed E-state index contributed by atoms with van der Waals surface area (Å²) in [6, 6.07) is -0.450. The fraction of sp³-hybridized carbons (Fsp3) is 0.600. The largest absolute Gasteiger partial charge is 0.480 e. The zero-order valence-corrected chi connectivity index (χ0v) is 10.3. The number of hydrogen-bond donors (Lipinski definition) is 2. The van der Waals surface area contributed by atoms with Crippen LogP contribution in [0.4, 0.5) is 0 Å². The van der Waals surface area contributed by atoms with Gasteiger partial charge in [-0.1, -0.05) is 0 Å². The molecule has 1 aliphatic rings. The molecule has 1 aliphatic heterocycles. The van der Waals surface area contributed by atoms with E-state index in [9.17, 15) is 4.79 Å². The van der Waals surface area contributed by atoms with E-state index in [4.69, 9.17) is 5.11 Å². The molecule has 2 heterocycles. The van der Waals surface area contributed by atoms with E-state index < -0.39 is 12.0 Å². The third kappa shape index (κ3) is 1.82. The van der Waals surface area contributed by atoms with Gasteiger partial charge in [0.25, 0.3) is 0 Å². The van der Waals surface area contributed by atoms with Crippen molar-refractivity contribution in [2.75, 3.05) is 5.75 Å². The number of nitrogens with one attached hydrogen (secondary N) is 1. The number of aliphatic carboxylic acids is 1. The lowest BCUT2D eigenvalue weighted by atomic mass is 10.2. The van der Waals surface area contributed by atoms with Crippen molar-refractivity contribution >= 4 is 17.7 Å². The number of aryl methyl sites for hydroxylation is 2. The van der Waals surface area contributed by atoms with Crippen molar-refractivity contribution in [1.82, 2.24) is 15.1 Å². The van der Waals surface area contributed by atoms with Gasteiger partial charge in [0.2, 0.25) is 0 Å². The first-order valence-corrected chi connectivity index (χ1v) is 6.16. The molecule has 0 aliphatic carbocycles. The minimum absolute atomic E-state index is 0.0507. The number of carboxylic acid groups (broad SMARTS) is 1. The smallest absolute Gasteiger partial charge is 0.321 e. The molecule has 88 valence electrons. The Bertz CT molecular complexity index is 430. The van der Waals surface area contributed by atoms with E-state index in [0.717, 1.165) is 17.0 Å². The van der Waals surface area contributed by atoms with Gasteiger partial charge in [0.15, 0.2) is 0 Å². The minimum atomic E-state index is -0.783. The average molecular weight is 241 g/mol. The van der Waals surface area contributed by atoms with Crippen molar-refractivity contribution < 1.29 is 9.90 Å². The maximum atomic E-state index is 10.9. The van der Waals surface area contributed by atoms with Crippen LogP contribution >= 0.6 is 11.8 Å². The van der Waals surface area contributed by atoms with Crippen molar-refractivity contribution in [1.29, 1.82) is 0 Å². The highest BCUT2D eigenvalue weighted by molar-refractivity contribution is 7.99. The summed E-state index contributed by atoms with van der Waals surface area (Å²) >= 11 is 1.63. The number of hydrogen-bond acceptors (Lipinski definition) is 4. The predicted molar refractivity (Wildman–Crippen MR) is 62.4 cm³/mol. The molecule has 6 heteroatoms. The van der Waals surface area contributed by atoms with Crippen molar-refractivity contribution in [3.8, 4) is 0 Å². The van der Waals surface area contributed by atoms with Crippen molar-refractivity contribution in [2.24, 2.45) is 7.05 Å². The SMILES string of the molecule is Cc1nn(C)c(C)c1[C@H]1N[C@@H](C(=O)O)CS1. The molecular formula is C10H15N3O2S. The Kier molecular flexibility index (Phi) is 2.94. The highest BCUT2D eigenvalue weighted by Crippen LogP contribution is 2.35. The number of aromatic nitrogens is 2. The summed E-state index contributed by atoms with van der Waals surface area (Å²) in [7, 11) is 1.90. The van der Waals surface area contributed by atoms with E-state index in [0.29, 0.717) is 5.75 Å². The van der Waals surface area contributed by atoms with E-state index in [1.807, 2.05) is 25.6 Å². The van der Waals surface area contributed by atoms with Gasteiger partial charge in [-0.15, -0.1) is 11.8 Å². The summed E-state index contributed by atoms with van der Waals surface area (Å²) in [6.45, 7) is 3.96. The standard InChI is InChI=1S/C10H15N3O2S/c1-5-8(6(2)13(3)12-5)9-11-7(4-16-9)10(14)15/h7,9,11H,4H2,1-3H3,(H,14,15)/t7-,9+/m1/s1. The second-order valence-corrected chi connectivity index (χ2v) is 5.12. The number of carboxylic acids is 1. The zero-order chi connectivity index (χ0) is 11.9. The molecular weight excluding hydrogens is 226 g/mol. The maximum Gasteiger partial charge on any atom is 0.321 e. The predicted octanol–water partition coefficient (Wildman–Crippen LogP) is 0.825. The Morgan fingerprint density at radius 2 is 2.31 bits per heavy atom. The third-order valence-corrected chi connectivity index (χ3v) is 4.14. The summed E-state index contributed by atoms with van der Waals surface area (Å²) in [5, 5.41) is 16.4. The van der Waals surface area contributed by atoms with E-state index in [2.05, 4.69) is 10.4 Å². The lowest BCUT2D eigenvalue weighted by Gasteiger charge is -2.11. The van der Waals surface area contributed by atoms with E-state index in [-0.39, 0.29) is 5.37 Å². The Morgan fingerprint density at radius 3 is 2.75 bits per heavy atom. The van der Waals surface area contributed by atoms with Gasteiger partial charge in [-0.05, 0) is 13.8 Å². The van der Waals surface area contributed by atoms with Crippen molar-refractivity contribution in [3.05, 3.63) is 17.0 Å². The average Bonchev–Trinajstić information content (AvgIpc) is 2.74. The Morgan fingerprint density at radius 1 is 1.62 bits per heavy atom. The van der Waals surface area contributed by atoms with Crippen LogP contribution in [-0.4, -0.2) is 32.7 Å². The van der Waals surface area contributed by atoms with Gasteiger partial charge >= 0.3 is 5.97 Å². The lowest BCUT2D eigenvalue weighted by Crippen LogP contribution is -2.33. The molecule has 1 fully saturated rings. The lowest BCUT2D eigenvalue weighted by molar-refractivity contribution is -0.138. The number of nitrogens with zero attached hydrogens (tertiary/aromatic N) is 2. The van der Waals surface area contributed by atoms with Crippen LogP contribution in [0.15, 0.2) is 0 Å². The molecule has 16 heavy (non-hydrogen) atoms. The second kappa shape index (κ2) is 4.10. The Balaban J connectivity index is 2.23. The monoisotopic (exact) mass is 241 g/mol. The molecule has 0 saturated carbocycles. The molecule has 2 N–H and O–H groups in total. The van der Waals surface area contributed by atoms with Gasteiger partial charge in [0.1, 0.15) is 6.04 Å². The van der Waals surface area contributed by atoms with Crippen LogP contribution in [0.5, 0.6) is 0 Å². The first kappa shape index (κ1) is 11.5. The summed E-state index contributed by atoms with van der Waals surface area (Å²) in [4.78, 5) is 10.9. The van der Waals surface area contributed by atoms with Gasteiger partial charge in [0, 0.05) is 24.1 Å².